The SMILES string of the molecule is N#Cc1cccc(/C=C\C(=O)C(F)(F)F)c1. The van der Waals surface area contributed by atoms with Crippen molar-refractivity contribution < 1.29 is 18.0 Å². The number of hydrogen-bond donors (Lipinski definition) is 0. The Morgan fingerprint density at radius 1 is 1.38 bits per heavy atom. The van der Waals surface area contributed by atoms with Gasteiger partial charge in [-0.15, -0.1) is 0 Å². The largest absolute Gasteiger partial charge is 0.454 e. The van der Waals surface area contributed by atoms with E-state index in [1.165, 1.54) is 24.3 Å². The summed E-state index contributed by atoms with van der Waals surface area (Å²) in [6.07, 6.45) is -3.39. The van der Waals surface area contributed by atoms with Crippen LogP contribution in [0.4, 0.5) is 13.2 Å². The highest BCUT2D eigenvalue weighted by Crippen LogP contribution is 2.17. The fraction of sp³-hybridized carbons (Fsp3) is 0.0909. The molecule has 0 spiro atoms. The molecule has 0 heterocycles. The molecule has 0 fully saturated rings. The number of benzene rings is 1. The zero-order valence-electron chi connectivity index (χ0n) is 7.95. The standard InChI is InChI=1S/C11H6F3NO/c12-11(13,14)10(16)5-4-8-2-1-3-9(6-8)7-15/h1-6H/b5-4-. The number of rotatable bonds is 2. The summed E-state index contributed by atoms with van der Waals surface area (Å²) in [7, 11) is 0. The molecule has 0 amide bonds. The summed E-state index contributed by atoms with van der Waals surface area (Å²) in [5.74, 6) is -1.92. The van der Waals surface area contributed by atoms with E-state index in [1.54, 1.807) is 0 Å². The number of nitriles is 1. The van der Waals surface area contributed by atoms with Gasteiger partial charge in [-0.1, -0.05) is 18.2 Å². The Labute approximate surface area is 89.6 Å². The van der Waals surface area contributed by atoms with E-state index in [4.69, 9.17) is 5.26 Å². The first kappa shape index (κ1) is 12.0. The van der Waals surface area contributed by atoms with Crippen molar-refractivity contribution in [2.75, 3.05) is 0 Å². The molecule has 16 heavy (non-hydrogen) atoms. The minimum Gasteiger partial charge on any atom is -0.285 e. The van der Waals surface area contributed by atoms with Crippen LogP contribution in [0.5, 0.6) is 0 Å². The van der Waals surface area contributed by atoms with E-state index in [9.17, 15) is 18.0 Å². The molecule has 0 bridgehead atoms. The van der Waals surface area contributed by atoms with Crippen LogP contribution >= 0.6 is 0 Å². The smallest absolute Gasteiger partial charge is 0.285 e. The summed E-state index contributed by atoms with van der Waals surface area (Å²) in [6, 6.07) is 7.78. The molecule has 1 aromatic rings. The van der Waals surface area contributed by atoms with E-state index < -0.39 is 12.0 Å². The van der Waals surface area contributed by atoms with Gasteiger partial charge in [-0.2, -0.15) is 18.4 Å². The first-order chi connectivity index (χ1) is 7.43. The van der Waals surface area contributed by atoms with E-state index in [0.717, 1.165) is 6.08 Å². The first-order valence-electron chi connectivity index (χ1n) is 4.23. The molecule has 0 atom stereocenters. The molecule has 2 nitrogen and oxygen atoms in total. The predicted octanol–water partition coefficient (Wildman–Crippen LogP) is 2.70. The second kappa shape index (κ2) is 4.62. The second-order valence-electron chi connectivity index (χ2n) is 2.93. The topological polar surface area (TPSA) is 40.9 Å². The lowest BCUT2D eigenvalue weighted by molar-refractivity contribution is -0.165. The van der Waals surface area contributed by atoms with Crippen molar-refractivity contribution in [1.29, 1.82) is 5.26 Å². The van der Waals surface area contributed by atoms with Crippen molar-refractivity contribution in [2.24, 2.45) is 0 Å². The average Bonchev–Trinajstić information content (AvgIpc) is 2.25. The highest BCUT2D eigenvalue weighted by molar-refractivity contribution is 5.97. The molecule has 0 N–H and O–H groups in total. The van der Waals surface area contributed by atoms with Crippen LogP contribution in [0.2, 0.25) is 0 Å². The van der Waals surface area contributed by atoms with E-state index >= 15 is 0 Å². The second-order valence-corrected chi connectivity index (χ2v) is 2.93. The van der Waals surface area contributed by atoms with Crippen molar-refractivity contribution in [1.82, 2.24) is 0 Å². The van der Waals surface area contributed by atoms with Crippen molar-refractivity contribution in [3.05, 3.63) is 41.5 Å². The highest BCUT2D eigenvalue weighted by Gasteiger charge is 2.35. The maximum Gasteiger partial charge on any atom is 0.454 e. The molecule has 0 saturated carbocycles. The van der Waals surface area contributed by atoms with Gasteiger partial charge in [0.25, 0.3) is 5.78 Å². The number of allylic oxidation sites excluding steroid dienone is 1. The molecule has 0 radical (unpaired) electrons. The molecule has 5 heteroatoms. The molecular weight excluding hydrogens is 219 g/mol. The number of nitrogens with zero attached hydrogens (tertiary/aromatic N) is 1. The number of halogens is 3. The first-order valence-corrected chi connectivity index (χ1v) is 4.23. The van der Waals surface area contributed by atoms with Crippen molar-refractivity contribution >= 4 is 11.9 Å². The van der Waals surface area contributed by atoms with Gasteiger partial charge in [0.2, 0.25) is 0 Å². The van der Waals surface area contributed by atoms with Gasteiger partial charge >= 0.3 is 6.18 Å². The van der Waals surface area contributed by atoms with E-state index in [1.807, 2.05) is 6.07 Å². The van der Waals surface area contributed by atoms with Crippen LogP contribution < -0.4 is 0 Å². The van der Waals surface area contributed by atoms with Crippen LogP contribution in [0.3, 0.4) is 0 Å². The average molecular weight is 225 g/mol. The molecule has 0 aromatic heterocycles. The van der Waals surface area contributed by atoms with E-state index in [-0.39, 0.29) is 0 Å². The van der Waals surface area contributed by atoms with Crippen LogP contribution in [0.15, 0.2) is 30.3 Å². The van der Waals surface area contributed by atoms with E-state index in [2.05, 4.69) is 0 Å². The lowest BCUT2D eigenvalue weighted by atomic mass is 10.1. The molecule has 0 aliphatic rings. The van der Waals surface area contributed by atoms with E-state index in [0.29, 0.717) is 17.2 Å². The van der Waals surface area contributed by atoms with Gasteiger partial charge in [-0.3, -0.25) is 4.79 Å². The van der Waals surface area contributed by atoms with Crippen molar-refractivity contribution in [2.45, 2.75) is 6.18 Å². The molecule has 1 rings (SSSR count). The van der Waals surface area contributed by atoms with Crippen LogP contribution in [-0.4, -0.2) is 12.0 Å². The number of carbonyl (C=O) groups is 1. The number of ketones is 1. The van der Waals surface area contributed by atoms with Gasteiger partial charge in [-0.25, -0.2) is 0 Å². The predicted molar refractivity (Wildman–Crippen MR) is 51.3 cm³/mol. The minimum absolute atomic E-state index is 0.321. The molecular formula is C11H6F3NO. The summed E-state index contributed by atoms with van der Waals surface area (Å²) < 4.78 is 35.5. The summed E-state index contributed by atoms with van der Waals surface area (Å²) in [6.45, 7) is 0. The lowest BCUT2D eigenvalue weighted by Gasteiger charge is -1.99. The quantitative estimate of drug-likeness (QED) is 0.726. The third-order valence-corrected chi connectivity index (χ3v) is 1.72. The van der Waals surface area contributed by atoms with Crippen LogP contribution in [0.1, 0.15) is 11.1 Å². The monoisotopic (exact) mass is 225 g/mol. The summed E-state index contributed by atoms with van der Waals surface area (Å²) in [5, 5.41) is 8.55. The Morgan fingerprint density at radius 2 is 2.06 bits per heavy atom. The zero-order chi connectivity index (χ0) is 12.2. The van der Waals surface area contributed by atoms with Gasteiger partial charge in [0.15, 0.2) is 0 Å². The minimum atomic E-state index is -4.86. The Balaban J connectivity index is 2.85. The number of carbonyl (C=O) groups excluding carboxylic acids is 1. The van der Waals surface area contributed by atoms with Gasteiger partial charge in [0.1, 0.15) is 0 Å². The fourth-order valence-electron chi connectivity index (χ4n) is 0.978. The maximum absolute atomic E-state index is 11.8. The van der Waals surface area contributed by atoms with Gasteiger partial charge in [0.05, 0.1) is 11.6 Å². The molecule has 0 aliphatic carbocycles. The third kappa shape index (κ3) is 3.24. The van der Waals surface area contributed by atoms with Crippen molar-refractivity contribution in [3.8, 4) is 6.07 Å². The molecule has 0 saturated heterocycles. The van der Waals surface area contributed by atoms with Gasteiger partial charge in [-0.05, 0) is 23.8 Å². The van der Waals surface area contributed by atoms with Crippen molar-refractivity contribution in [3.63, 3.8) is 0 Å². The van der Waals surface area contributed by atoms with Crippen LogP contribution in [0, 0.1) is 11.3 Å². The fourth-order valence-corrected chi connectivity index (χ4v) is 0.978. The Hall–Kier alpha value is -2.09. The lowest BCUT2D eigenvalue weighted by Crippen LogP contribution is -2.19. The normalized spacial score (nSPS) is 11.4. The highest BCUT2D eigenvalue weighted by atomic mass is 19.4. The molecule has 0 aliphatic heterocycles. The molecule has 82 valence electrons. The van der Waals surface area contributed by atoms with Crippen LogP contribution in [0.25, 0.3) is 6.08 Å². The third-order valence-electron chi connectivity index (χ3n) is 1.72. The molecule has 0 unspecified atom stereocenters. The van der Waals surface area contributed by atoms with Gasteiger partial charge < -0.3 is 0 Å². The number of hydrogen-bond acceptors (Lipinski definition) is 2. The maximum atomic E-state index is 11.8. The Kier molecular flexibility index (Phi) is 3.46. The van der Waals surface area contributed by atoms with Gasteiger partial charge in [0, 0.05) is 0 Å². The Bertz CT molecular complexity index is 469. The summed E-state index contributed by atoms with van der Waals surface area (Å²) in [5.41, 5.74) is 0.693. The van der Waals surface area contributed by atoms with Crippen LogP contribution in [-0.2, 0) is 4.79 Å². The molecule has 1 aromatic carbocycles. The Morgan fingerprint density at radius 3 is 2.62 bits per heavy atom. The summed E-state index contributed by atoms with van der Waals surface area (Å²) >= 11 is 0. The summed E-state index contributed by atoms with van der Waals surface area (Å²) in [4.78, 5) is 10.5. The number of alkyl halides is 3. The zero-order valence-corrected chi connectivity index (χ0v) is 7.95.